The van der Waals surface area contributed by atoms with Crippen molar-refractivity contribution in [2.24, 2.45) is 5.92 Å². The highest BCUT2D eigenvalue weighted by atomic mass is 35.5. The number of piperidine rings is 1. The van der Waals surface area contributed by atoms with Crippen molar-refractivity contribution in [3.8, 4) is 10.6 Å². The lowest BCUT2D eigenvalue weighted by Gasteiger charge is -2.32. The molecule has 1 aliphatic rings. The average molecular weight is 427 g/mol. The Morgan fingerprint density at radius 1 is 1.21 bits per heavy atom. The van der Waals surface area contributed by atoms with Crippen molar-refractivity contribution in [3.63, 3.8) is 0 Å². The van der Waals surface area contributed by atoms with Gasteiger partial charge in [0.2, 0.25) is 11.0 Å². The molecule has 1 amide bonds. The Balaban J connectivity index is 1.37. The maximum Gasteiger partial charge on any atom is 0.230 e. The fraction of sp³-hybridized carbons (Fsp3) is 0.318. The number of nitrogens with zero attached hydrogens (tertiary/aromatic N) is 3. The molecule has 0 radical (unpaired) electrons. The van der Waals surface area contributed by atoms with E-state index in [4.69, 9.17) is 11.6 Å². The lowest BCUT2D eigenvalue weighted by Crippen LogP contribution is -2.40. The molecule has 150 valence electrons. The second kappa shape index (κ2) is 9.03. The lowest BCUT2D eigenvalue weighted by atomic mass is 9.97. The van der Waals surface area contributed by atoms with Crippen LogP contribution in [0.25, 0.3) is 10.6 Å². The molecule has 0 saturated carbocycles. The highest BCUT2D eigenvalue weighted by Gasteiger charge is 2.27. The molecule has 4 rings (SSSR count). The summed E-state index contributed by atoms with van der Waals surface area (Å²) in [6, 6.07) is 16.0. The molecule has 2 aromatic carbocycles. The minimum Gasteiger partial charge on any atom is -0.300 e. The zero-order valence-corrected chi connectivity index (χ0v) is 17.8. The first-order chi connectivity index (χ1) is 14.1. The van der Waals surface area contributed by atoms with Crippen LogP contribution in [0.2, 0.25) is 5.02 Å². The number of benzene rings is 2. The number of nitrogens with one attached hydrogen (secondary N) is 1. The number of aromatic nitrogens is 2. The Morgan fingerprint density at radius 3 is 2.79 bits per heavy atom. The van der Waals surface area contributed by atoms with Crippen LogP contribution >= 0.6 is 22.9 Å². The number of anilines is 1. The van der Waals surface area contributed by atoms with E-state index in [0.29, 0.717) is 5.13 Å². The van der Waals surface area contributed by atoms with Gasteiger partial charge in [-0.15, -0.1) is 10.2 Å². The molecule has 7 heteroatoms. The van der Waals surface area contributed by atoms with Crippen LogP contribution in [0.4, 0.5) is 5.13 Å². The van der Waals surface area contributed by atoms with Crippen LogP contribution in [0.3, 0.4) is 0 Å². The molecule has 3 aromatic rings. The third-order valence-electron chi connectivity index (χ3n) is 5.18. The van der Waals surface area contributed by atoms with E-state index in [1.807, 2.05) is 48.5 Å². The zero-order valence-electron chi connectivity index (χ0n) is 16.3. The number of hydrogen-bond acceptors (Lipinski definition) is 5. The quantitative estimate of drug-likeness (QED) is 0.622. The number of rotatable bonds is 5. The highest BCUT2D eigenvalue weighted by molar-refractivity contribution is 7.18. The summed E-state index contributed by atoms with van der Waals surface area (Å²) in [5.41, 5.74) is 3.31. The minimum atomic E-state index is -0.0574. The van der Waals surface area contributed by atoms with Gasteiger partial charge in [-0.05, 0) is 37.9 Å². The molecule has 1 atom stereocenters. The highest BCUT2D eigenvalue weighted by Crippen LogP contribution is 2.28. The molecule has 0 bridgehead atoms. The van der Waals surface area contributed by atoms with Crippen molar-refractivity contribution >= 4 is 34.0 Å². The molecule has 1 aliphatic heterocycles. The van der Waals surface area contributed by atoms with Gasteiger partial charge in [0.25, 0.3) is 0 Å². The molecule has 1 unspecified atom stereocenters. The first-order valence-corrected chi connectivity index (χ1v) is 10.9. The summed E-state index contributed by atoms with van der Waals surface area (Å²) in [6.07, 6.45) is 1.88. The van der Waals surface area contributed by atoms with Gasteiger partial charge >= 0.3 is 0 Å². The maximum absolute atomic E-state index is 12.8. The van der Waals surface area contributed by atoms with Crippen LogP contribution in [0, 0.1) is 12.8 Å². The first kappa shape index (κ1) is 20.0. The number of hydrogen-bond donors (Lipinski definition) is 1. The maximum atomic E-state index is 12.8. The third kappa shape index (κ3) is 5.01. The SMILES string of the molecule is Cc1ccc(-c2nnc(NC(=O)C3CCCN(Cc4ccccc4Cl)C3)s2)cc1. The van der Waals surface area contributed by atoms with Gasteiger partial charge in [0, 0.05) is 23.7 Å². The first-order valence-electron chi connectivity index (χ1n) is 9.75. The van der Waals surface area contributed by atoms with Gasteiger partial charge in [-0.25, -0.2) is 0 Å². The van der Waals surface area contributed by atoms with E-state index in [1.54, 1.807) is 0 Å². The fourth-order valence-corrected chi connectivity index (χ4v) is 4.52. The Labute approximate surface area is 179 Å². The Hall–Kier alpha value is -2.28. The summed E-state index contributed by atoms with van der Waals surface area (Å²) >= 11 is 7.70. The van der Waals surface area contributed by atoms with Gasteiger partial charge < -0.3 is 5.32 Å². The van der Waals surface area contributed by atoms with E-state index in [-0.39, 0.29) is 11.8 Å². The molecule has 1 aromatic heterocycles. The predicted molar refractivity (Wildman–Crippen MR) is 118 cm³/mol. The third-order valence-corrected chi connectivity index (χ3v) is 6.44. The molecule has 5 nitrogen and oxygen atoms in total. The van der Waals surface area contributed by atoms with Crippen molar-refractivity contribution in [1.29, 1.82) is 0 Å². The number of likely N-dealkylation sites (tertiary alicyclic amines) is 1. The van der Waals surface area contributed by atoms with Crippen molar-refractivity contribution < 1.29 is 4.79 Å². The van der Waals surface area contributed by atoms with Gasteiger partial charge in [-0.1, -0.05) is 71.0 Å². The lowest BCUT2D eigenvalue weighted by molar-refractivity contribution is -0.121. The predicted octanol–water partition coefficient (Wildman–Crippen LogP) is 5.02. The number of amides is 1. The van der Waals surface area contributed by atoms with Crippen LogP contribution in [0.5, 0.6) is 0 Å². The molecule has 0 aliphatic carbocycles. The van der Waals surface area contributed by atoms with Gasteiger partial charge in [0.15, 0.2) is 0 Å². The number of carbonyl (C=O) groups excluding carboxylic acids is 1. The normalized spacial score (nSPS) is 17.2. The van der Waals surface area contributed by atoms with E-state index in [9.17, 15) is 4.79 Å². The summed E-state index contributed by atoms with van der Waals surface area (Å²) in [5, 5.41) is 13.5. The molecule has 0 spiro atoms. The average Bonchev–Trinajstić information content (AvgIpc) is 3.19. The molecule has 2 heterocycles. The summed E-state index contributed by atoms with van der Waals surface area (Å²) in [7, 11) is 0. The van der Waals surface area contributed by atoms with E-state index >= 15 is 0 Å². The zero-order chi connectivity index (χ0) is 20.2. The van der Waals surface area contributed by atoms with Gasteiger partial charge in [0.1, 0.15) is 5.01 Å². The monoisotopic (exact) mass is 426 g/mol. The molecule has 29 heavy (non-hydrogen) atoms. The number of aryl methyl sites for hydroxylation is 1. The topological polar surface area (TPSA) is 58.1 Å². The van der Waals surface area contributed by atoms with Crippen LogP contribution in [0.1, 0.15) is 24.0 Å². The van der Waals surface area contributed by atoms with E-state index < -0.39 is 0 Å². The second-order valence-electron chi connectivity index (χ2n) is 7.43. The van der Waals surface area contributed by atoms with Crippen LogP contribution in [0.15, 0.2) is 48.5 Å². The smallest absolute Gasteiger partial charge is 0.230 e. The molecule has 1 N–H and O–H groups in total. The van der Waals surface area contributed by atoms with E-state index in [1.165, 1.54) is 16.9 Å². The fourth-order valence-electron chi connectivity index (χ4n) is 3.57. The molecular formula is C22H23ClN4OS. The van der Waals surface area contributed by atoms with E-state index in [0.717, 1.165) is 53.6 Å². The molecular weight excluding hydrogens is 404 g/mol. The number of carbonyl (C=O) groups is 1. The summed E-state index contributed by atoms with van der Waals surface area (Å²) < 4.78 is 0. The number of halogens is 1. The van der Waals surface area contributed by atoms with E-state index in [2.05, 4.69) is 27.3 Å². The molecule has 1 saturated heterocycles. The summed E-state index contributed by atoms with van der Waals surface area (Å²) in [5.74, 6) is -0.0431. The van der Waals surface area contributed by atoms with Crippen LogP contribution < -0.4 is 5.32 Å². The van der Waals surface area contributed by atoms with Gasteiger partial charge in [-0.3, -0.25) is 9.69 Å². The summed E-state index contributed by atoms with van der Waals surface area (Å²) in [4.78, 5) is 15.1. The summed E-state index contributed by atoms with van der Waals surface area (Å²) in [6.45, 7) is 4.51. The molecule has 1 fully saturated rings. The van der Waals surface area contributed by atoms with Gasteiger partial charge in [0.05, 0.1) is 5.92 Å². The second-order valence-corrected chi connectivity index (χ2v) is 8.82. The standard InChI is InChI=1S/C22H23ClN4OS/c1-15-8-10-16(11-9-15)21-25-26-22(29-21)24-20(28)18-6-4-12-27(14-18)13-17-5-2-3-7-19(17)23/h2-3,5,7-11,18H,4,6,12-14H2,1H3,(H,24,26,28). The van der Waals surface area contributed by atoms with Crippen molar-refractivity contribution in [3.05, 3.63) is 64.7 Å². The van der Waals surface area contributed by atoms with Crippen molar-refractivity contribution in [2.45, 2.75) is 26.3 Å². The van der Waals surface area contributed by atoms with Crippen LogP contribution in [-0.4, -0.2) is 34.1 Å². The Morgan fingerprint density at radius 2 is 2.00 bits per heavy atom. The Kier molecular flexibility index (Phi) is 6.23. The Bertz CT molecular complexity index is 988. The van der Waals surface area contributed by atoms with Crippen molar-refractivity contribution in [2.75, 3.05) is 18.4 Å². The largest absolute Gasteiger partial charge is 0.300 e. The minimum absolute atomic E-state index is 0.0143. The van der Waals surface area contributed by atoms with Crippen molar-refractivity contribution in [1.82, 2.24) is 15.1 Å². The van der Waals surface area contributed by atoms with Gasteiger partial charge in [-0.2, -0.15) is 0 Å². The van der Waals surface area contributed by atoms with Crippen LogP contribution in [-0.2, 0) is 11.3 Å².